The molecule has 4 nitrogen and oxygen atoms in total. The standard InChI is InChI=1S/C12H15N3O/c1-7-4-5-8(2)10(6-7)11(13)12-14-9(3)16-15-12/h4-6,11H,13H2,1-3H3. The lowest BCUT2D eigenvalue weighted by atomic mass is 9.99. The summed E-state index contributed by atoms with van der Waals surface area (Å²) >= 11 is 0. The summed E-state index contributed by atoms with van der Waals surface area (Å²) in [5.74, 6) is 1.07. The number of aryl methyl sites for hydroxylation is 3. The molecule has 4 heteroatoms. The van der Waals surface area contributed by atoms with Gasteiger partial charge in [0.1, 0.15) is 0 Å². The van der Waals surface area contributed by atoms with Crippen LogP contribution < -0.4 is 5.73 Å². The molecular formula is C12H15N3O. The quantitative estimate of drug-likeness (QED) is 0.836. The van der Waals surface area contributed by atoms with E-state index in [0.29, 0.717) is 11.7 Å². The predicted octanol–water partition coefficient (Wildman–Crippen LogP) is 2.04. The maximum Gasteiger partial charge on any atom is 0.223 e. The number of nitrogens with zero attached hydrogens (tertiary/aromatic N) is 2. The zero-order valence-corrected chi connectivity index (χ0v) is 9.69. The second-order valence-electron chi connectivity index (χ2n) is 4.01. The van der Waals surface area contributed by atoms with E-state index in [1.54, 1.807) is 6.92 Å². The first-order valence-electron chi connectivity index (χ1n) is 5.21. The van der Waals surface area contributed by atoms with Gasteiger partial charge in [-0.1, -0.05) is 28.9 Å². The van der Waals surface area contributed by atoms with Gasteiger partial charge in [0, 0.05) is 6.92 Å². The Labute approximate surface area is 94.5 Å². The Hall–Kier alpha value is -1.68. The lowest BCUT2D eigenvalue weighted by Gasteiger charge is -2.11. The highest BCUT2D eigenvalue weighted by atomic mass is 16.5. The number of aromatic nitrogens is 2. The molecule has 2 aromatic rings. The highest BCUT2D eigenvalue weighted by Gasteiger charge is 2.16. The van der Waals surface area contributed by atoms with Crippen molar-refractivity contribution in [2.75, 3.05) is 0 Å². The fourth-order valence-electron chi connectivity index (χ4n) is 1.68. The monoisotopic (exact) mass is 217 g/mol. The van der Waals surface area contributed by atoms with Gasteiger partial charge in [0.2, 0.25) is 5.89 Å². The number of benzene rings is 1. The average Bonchev–Trinajstić information content (AvgIpc) is 2.67. The number of rotatable bonds is 2. The minimum atomic E-state index is -0.322. The highest BCUT2D eigenvalue weighted by molar-refractivity contribution is 5.35. The zero-order valence-electron chi connectivity index (χ0n) is 9.69. The van der Waals surface area contributed by atoms with Gasteiger partial charge in [-0.2, -0.15) is 4.98 Å². The lowest BCUT2D eigenvalue weighted by molar-refractivity contribution is 0.385. The SMILES string of the molecule is Cc1ccc(C)c(C(N)c2noc(C)n2)c1. The minimum absolute atomic E-state index is 0.322. The summed E-state index contributed by atoms with van der Waals surface area (Å²) in [5, 5.41) is 3.85. The van der Waals surface area contributed by atoms with Crippen molar-refractivity contribution < 1.29 is 4.52 Å². The third-order valence-electron chi connectivity index (χ3n) is 2.59. The molecule has 0 fully saturated rings. The second kappa shape index (κ2) is 4.06. The van der Waals surface area contributed by atoms with Crippen LogP contribution in [0.5, 0.6) is 0 Å². The van der Waals surface area contributed by atoms with Crippen LogP contribution in [0, 0.1) is 20.8 Å². The molecule has 1 aromatic carbocycles. The molecule has 0 bridgehead atoms. The van der Waals surface area contributed by atoms with Crippen LogP contribution in [0.4, 0.5) is 0 Å². The molecule has 2 rings (SSSR count). The average molecular weight is 217 g/mol. The molecule has 0 amide bonds. The van der Waals surface area contributed by atoms with Crippen molar-refractivity contribution in [1.82, 2.24) is 10.1 Å². The molecule has 1 atom stereocenters. The van der Waals surface area contributed by atoms with Gasteiger partial charge in [-0.25, -0.2) is 0 Å². The van der Waals surface area contributed by atoms with Crippen LogP contribution in [0.2, 0.25) is 0 Å². The molecule has 0 aliphatic heterocycles. The van der Waals surface area contributed by atoms with Crippen molar-refractivity contribution in [3.63, 3.8) is 0 Å². The molecule has 0 aliphatic carbocycles. The van der Waals surface area contributed by atoms with Crippen molar-refractivity contribution in [3.8, 4) is 0 Å². The van der Waals surface area contributed by atoms with E-state index in [9.17, 15) is 0 Å². The molecule has 16 heavy (non-hydrogen) atoms. The molecule has 0 aliphatic rings. The van der Waals surface area contributed by atoms with Gasteiger partial charge < -0.3 is 10.3 Å². The molecule has 0 radical (unpaired) electrons. The summed E-state index contributed by atoms with van der Waals surface area (Å²) < 4.78 is 4.94. The molecule has 1 aromatic heterocycles. The summed E-state index contributed by atoms with van der Waals surface area (Å²) in [5.41, 5.74) is 9.47. The van der Waals surface area contributed by atoms with Gasteiger partial charge in [0.15, 0.2) is 5.82 Å². The lowest BCUT2D eigenvalue weighted by Crippen LogP contribution is -2.15. The van der Waals surface area contributed by atoms with Crippen molar-refractivity contribution in [1.29, 1.82) is 0 Å². The Morgan fingerprint density at radius 2 is 2.00 bits per heavy atom. The normalized spacial score (nSPS) is 12.8. The minimum Gasteiger partial charge on any atom is -0.340 e. The van der Waals surface area contributed by atoms with Crippen LogP contribution in [0.3, 0.4) is 0 Å². The van der Waals surface area contributed by atoms with Crippen LogP contribution in [0.15, 0.2) is 22.7 Å². The van der Waals surface area contributed by atoms with Gasteiger partial charge >= 0.3 is 0 Å². The second-order valence-corrected chi connectivity index (χ2v) is 4.01. The van der Waals surface area contributed by atoms with Crippen LogP contribution >= 0.6 is 0 Å². The van der Waals surface area contributed by atoms with E-state index in [1.807, 2.05) is 13.8 Å². The summed E-state index contributed by atoms with van der Waals surface area (Å²) in [4.78, 5) is 4.15. The topological polar surface area (TPSA) is 64.9 Å². The molecule has 1 unspecified atom stereocenters. The zero-order chi connectivity index (χ0) is 11.7. The highest BCUT2D eigenvalue weighted by Crippen LogP contribution is 2.21. The van der Waals surface area contributed by atoms with Gasteiger partial charge in [-0.05, 0) is 25.0 Å². The maximum absolute atomic E-state index is 6.11. The van der Waals surface area contributed by atoms with E-state index >= 15 is 0 Å². The van der Waals surface area contributed by atoms with E-state index in [1.165, 1.54) is 5.56 Å². The van der Waals surface area contributed by atoms with Gasteiger partial charge in [-0.15, -0.1) is 0 Å². The Morgan fingerprint density at radius 1 is 1.25 bits per heavy atom. The van der Waals surface area contributed by atoms with E-state index in [0.717, 1.165) is 11.1 Å². The number of nitrogens with two attached hydrogens (primary N) is 1. The van der Waals surface area contributed by atoms with Crippen molar-refractivity contribution >= 4 is 0 Å². The van der Waals surface area contributed by atoms with E-state index in [4.69, 9.17) is 10.3 Å². The van der Waals surface area contributed by atoms with Crippen molar-refractivity contribution in [2.45, 2.75) is 26.8 Å². The first kappa shape index (κ1) is 10.8. The van der Waals surface area contributed by atoms with E-state index in [2.05, 4.69) is 28.3 Å². The molecule has 0 saturated heterocycles. The molecular weight excluding hydrogens is 202 g/mol. The smallest absolute Gasteiger partial charge is 0.223 e. The van der Waals surface area contributed by atoms with Crippen LogP contribution in [-0.4, -0.2) is 10.1 Å². The number of hydrogen-bond donors (Lipinski definition) is 1. The largest absolute Gasteiger partial charge is 0.340 e. The third-order valence-corrected chi connectivity index (χ3v) is 2.59. The Balaban J connectivity index is 2.40. The Bertz CT molecular complexity index is 505. The van der Waals surface area contributed by atoms with Crippen LogP contribution in [0.1, 0.15) is 34.4 Å². The van der Waals surface area contributed by atoms with Gasteiger partial charge in [-0.3, -0.25) is 0 Å². The number of hydrogen-bond acceptors (Lipinski definition) is 4. The third kappa shape index (κ3) is 1.97. The summed E-state index contributed by atoms with van der Waals surface area (Å²) in [6, 6.07) is 5.85. The summed E-state index contributed by atoms with van der Waals surface area (Å²) in [7, 11) is 0. The van der Waals surface area contributed by atoms with Crippen LogP contribution in [0.25, 0.3) is 0 Å². The fourth-order valence-corrected chi connectivity index (χ4v) is 1.68. The molecule has 0 saturated carbocycles. The van der Waals surface area contributed by atoms with E-state index in [-0.39, 0.29) is 6.04 Å². The van der Waals surface area contributed by atoms with Crippen molar-refractivity contribution in [3.05, 3.63) is 46.6 Å². The summed E-state index contributed by atoms with van der Waals surface area (Å²) in [6.07, 6.45) is 0. The summed E-state index contributed by atoms with van der Waals surface area (Å²) in [6.45, 7) is 5.82. The Morgan fingerprint density at radius 3 is 2.62 bits per heavy atom. The maximum atomic E-state index is 6.11. The Kier molecular flexibility index (Phi) is 2.75. The molecule has 84 valence electrons. The first-order chi connectivity index (χ1) is 7.58. The first-order valence-corrected chi connectivity index (χ1v) is 5.21. The van der Waals surface area contributed by atoms with E-state index < -0.39 is 0 Å². The van der Waals surface area contributed by atoms with Gasteiger partial charge in [0.05, 0.1) is 6.04 Å². The fraction of sp³-hybridized carbons (Fsp3) is 0.333. The van der Waals surface area contributed by atoms with Crippen LogP contribution in [-0.2, 0) is 0 Å². The predicted molar refractivity (Wildman–Crippen MR) is 61.0 cm³/mol. The molecule has 1 heterocycles. The van der Waals surface area contributed by atoms with Gasteiger partial charge in [0.25, 0.3) is 0 Å². The molecule has 2 N–H and O–H groups in total. The van der Waals surface area contributed by atoms with Crippen molar-refractivity contribution in [2.24, 2.45) is 5.73 Å². The molecule has 0 spiro atoms.